The van der Waals surface area contributed by atoms with Crippen LogP contribution in [0.2, 0.25) is 0 Å². The van der Waals surface area contributed by atoms with Crippen molar-refractivity contribution in [3.63, 3.8) is 0 Å². The summed E-state index contributed by atoms with van der Waals surface area (Å²) in [6.45, 7) is 18.8. The number of aryl methyl sites for hydroxylation is 8. The zero-order valence-electron chi connectivity index (χ0n) is 25.8. The Bertz CT molecular complexity index is 1650. The summed E-state index contributed by atoms with van der Waals surface area (Å²) >= 11 is 0. The summed E-state index contributed by atoms with van der Waals surface area (Å²) < 4.78 is 10.5. The summed E-state index contributed by atoms with van der Waals surface area (Å²) in [6.07, 6.45) is 8.27. The van der Waals surface area contributed by atoms with Gasteiger partial charge in [0.15, 0.2) is 0 Å². The molecule has 0 radical (unpaired) electrons. The molecule has 208 valence electrons. The van der Waals surface area contributed by atoms with E-state index in [0.717, 1.165) is 51.4 Å². The lowest BCUT2D eigenvalue weighted by Gasteiger charge is -2.06. The van der Waals surface area contributed by atoms with Crippen molar-refractivity contribution in [3.8, 4) is 0 Å². The van der Waals surface area contributed by atoms with E-state index in [1.165, 1.54) is 88.6 Å². The average Bonchev–Trinajstić information content (AvgIpc) is 3.66. The summed E-state index contributed by atoms with van der Waals surface area (Å²) in [5.41, 5.74) is 22.9. The minimum Gasteiger partial charge on any atom is -0.248 e. The second-order valence-electron chi connectivity index (χ2n) is 11.6. The van der Waals surface area contributed by atoms with Gasteiger partial charge in [-0.2, -0.15) is 0 Å². The third-order valence-electron chi connectivity index (χ3n) is 10.1. The van der Waals surface area contributed by atoms with Gasteiger partial charge < -0.3 is 0 Å². The van der Waals surface area contributed by atoms with E-state index in [-0.39, 0.29) is 0 Å². The van der Waals surface area contributed by atoms with Gasteiger partial charge in [-0.25, -0.2) is 18.1 Å². The molecule has 8 heterocycles. The molecule has 4 heteroatoms. The molecule has 8 aromatic heterocycles. The van der Waals surface area contributed by atoms with Crippen molar-refractivity contribution in [2.24, 2.45) is 0 Å². The van der Waals surface area contributed by atoms with E-state index in [4.69, 9.17) is 0 Å². The molecule has 0 aliphatic rings. The Morgan fingerprint density at radius 3 is 0.500 bits per heavy atom. The Labute approximate surface area is 237 Å². The van der Waals surface area contributed by atoms with Crippen molar-refractivity contribution in [1.82, 2.24) is 18.1 Å². The van der Waals surface area contributed by atoms with Crippen LogP contribution in [-0.4, -0.2) is 18.1 Å². The van der Waals surface area contributed by atoms with Crippen LogP contribution in [0.25, 0.3) is 44.1 Å². The molecular formula is C36H44N4. The van der Waals surface area contributed by atoms with E-state index in [9.17, 15) is 0 Å². The molecule has 0 saturated carbocycles. The number of nitrogens with zero attached hydrogens (tertiary/aromatic N) is 4. The van der Waals surface area contributed by atoms with Crippen LogP contribution in [0.3, 0.4) is 0 Å². The predicted molar refractivity (Wildman–Crippen MR) is 171 cm³/mol. The van der Waals surface area contributed by atoms with Gasteiger partial charge in [0.05, 0.1) is 44.1 Å². The number of rotatable bonds is 8. The quantitative estimate of drug-likeness (QED) is 0.186. The zero-order valence-corrected chi connectivity index (χ0v) is 25.8. The summed E-state index contributed by atoms with van der Waals surface area (Å²) in [6, 6.07) is 10.2. The molecule has 0 aliphatic heterocycles. The highest BCUT2D eigenvalue weighted by molar-refractivity contribution is 5.90. The second kappa shape index (κ2) is 9.06. The van der Waals surface area contributed by atoms with E-state index >= 15 is 0 Å². The van der Waals surface area contributed by atoms with Crippen LogP contribution in [0.1, 0.15) is 99.9 Å². The molecule has 0 fully saturated rings. The van der Waals surface area contributed by atoms with Gasteiger partial charge in [0.2, 0.25) is 0 Å². The summed E-state index contributed by atoms with van der Waals surface area (Å²) in [7, 11) is 0. The highest BCUT2D eigenvalue weighted by Gasteiger charge is 2.26. The molecule has 0 unspecified atom stereocenters. The van der Waals surface area contributed by atoms with E-state index in [0.29, 0.717) is 0 Å². The number of hydrogen-bond donors (Lipinski definition) is 0. The van der Waals surface area contributed by atoms with Crippen molar-refractivity contribution >= 4 is 44.1 Å². The first-order valence-electron chi connectivity index (χ1n) is 16.0. The van der Waals surface area contributed by atoms with Crippen LogP contribution < -0.4 is 0 Å². The lowest BCUT2D eigenvalue weighted by atomic mass is 10.0. The number of aromatic nitrogens is 4. The summed E-state index contributed by atoms with van der Waals surface area (Å²) in [5.74, 6) is 0. The molecular weight excluding hydrogens is 488 g/mol. The maximum Gasteiger partial charge on any atom is 0.0694 e. The zero-order chi connectivity index (χ0) is 28.0. The first-order chi connectivity index (χ1) is 19.5. The van der Waals surface area contributed by atoms with Crippen LogP contribution in [0, 0.1) is 0 Å². The molecule has 4 nitrogen and oxygen atoms in total. The maximum absolute atomic E-state index is 2.62. The molecule has 40 heavy (non-hydrogen) atoms. The van der Waals surface area contributed by atoms with Crippen LogP contribution in [0.5, 0.6) is 0 Å². The smallest absolute Gasteiger partial charge is 0.0694 e. The van der Waals surface area contributed by atoms with Gasteiger partial charge in [0.25, 0.3) is 0 Å². The fourth-order valence-corrected chi connectivity index (χ4v) is 8.50. The fraction of sp³-hybridized carbons (Fsp3) is 0.444. The SMILES string of the molecule is CCc1c(CC)c2cc3c(CC)c(CC)c4cc5c(CC)c(CC)c6cc7c(CC)c(CC)c(cc1n2n65)n7n34. The first-order valence-corrected chi connectivity index (χ1v) is 16.0. The van der Waals surface area contributed by atoms with Gasteiger partial charge in [-0.15, -0.1) is 0 Å². The fourth-order valence-electron chi connectivity index (χ4n) is 8.50. The summed E-state index contributed by atoms with van der Waals surface area (Å²) in [5, 5.41) is 0. The van der Waals surface area contributed by atoms with Crippen molar-refractivity contribution in [2.45, 2.75) is 107 Å². The molecule has 0 amide bonds. The average molecular weight is 533 g/mol. The topological polar surface area (TPSA) is 17.6 Å². The summed E-state index contributed by atoms with van der Waals surface area (Å²) in [4.78, 5) is 0. The van der Waals surface area contributed by atoms with Crippen LogP contribution in [0.4, 0.5) is 0 Å². The van der Waals surface area contributed by atoms with E-state index in [2.05, 4.69) is 97.7 Å². The second-order valence-corrected chi connectivity index (χ2v) is 11.6. The first kappa shape index (κ1) is 25.6. The van der Waals surface area contributed by atoms with Crippen LogP contribution in [0.15, 0.2) is 24.3 Å². The van der Waals surface area contributed by atoms with Crippen LogP contribution >= 0.6 is 0 Å². The van der Waals surface area contributed by atoms with Crippen molar-refractivity contribution in [1.29, 1.82) is 0 Å². The molecule has 12 bridgehead atoms. The molecule has 8 aromatic rings. The molecule has 0 aliphatic carbocycles. The molecule has 0 aromatic carbocycles. The van der Waals surface area contributed by atoms with Gasteiger partial charge in [-0.1, -0.05) is 55.4 Å². The lowest BCUT2D eigenvalue weighted by molar-refractivity contribution is 0.917. The Hall–Kier alpha value is -3.40. The van der Waals surface area contributed by atoms with E-state index in [1.807, 2.05) is 0 Å². The minimum atomic E-state index is 1.03. The third-order valence-corrected chi connectivity index (χ3v) is 10.1. The molecule has 8 rings (SSSR count). The standard InChI is InChI=1S/C36H44N4/c1-9-21-22(10-2)30-18-32-25(13-5)28(16-8)36-20-34-27(15-7)26(14-6)33-19-35-24(12-4)23(11-3)31(39(35)40(32)36)17-29(21)37(30)38(33)34/h17-20H,9-16H2,1-8H3. The van der Waals surface area contributed by atoms with Crippen molar-refractivity contribution in [2.75, 3.05) is 0 Å². The predicted octanol–water partition coefficient (Wildman–Crippen LogP) is 8.94. The third kappa shape index (κ3) is 2.87. The molecule has 0 spiro atoms. The van der Waals surface area contributed by atoms with Gasteiger partial charge in [0, 0.05) is 0 Å². The largest absolute Gasteiger partial charge is 0.248 e. The highest BCUT2D eigenvalue weighted by Crippen LogP contribution is 2.39. The van der Waals surface area contributed by atoms with E-state index < -0.39 is 0 Å². The molecule has 0 N–H and O–H groups in total. The number of hydrogen-bond acceptors (Lipinski definition) is 0. The lowest BCUT2D eigenvalue weighted by Crippen LogP contribution is -1.99. The van der Waals surface area contributed by atoms with Crippen LogP contribution in [-0.2, 0) is 51.4 Å². The molecule has 0 atom stereocenters. The van der Waals surface area contributed by atoms with Gasteiger partial charge in [0.1, 0.15) is 0 Å². The Morgan fingerprint density at radius 2 is 0.400 bits per heavy atom. The molecule has 0 saturated heterocycles. The monoisotopic (exact) mass is 532 g/mol. The van der Waals surface area contributed by atoms with Gasteiger partial charge in [-0.3, -0.25) is 0 Å². The van der Waals surface area contributed by atoms with E-state index in [1.54, 1.807) is 0 Å². The van der Waals surface area contributed by atoms with Crippen molar-refractivity contribution in [3.05, 3.63) is 68.8 Å². The van der Waals surface area contributed by atoms with Gasteiger partial charge in [-0.05, 0) is 120 Å². The normalized spacial score (nSPS) is 12.8. The minimum absolute atomic E-state index is 1.03. The Kier molecular flexibility index (Phi) is 5.79. The highest BCUT2D eigenvalue weighted by atomic mass is 15.3. The van der Waals surface area contributed by atoms with Crippen molar-refractivity contribution < 1.29 is 0 Å². The Morgan fingerprint density at radius 1 is 0.275 bits per heavy atom. The van der Waals surface area contributed by atoms with Gasteiger partial charge >= 0.3 is 0 Å². The Balaban J connectivity index is 2.09. The maximum atomic E-state index is 2.62.